The van der Waals surface area contributed by atoms with Crippen LogP contribution in [-0.4, -0.2) is 58.9 Å². The SMILES string of the molecule is CCCCCCCCCCCCCCCCCC(=O)OC1(CO)OC(=O)C(CO)(OC(=O)CCCCCCCCCCCCCCCCC)OC1=O. The molecule has 1 heterocycles. The van der Waals surface area contributed by atoms with Crippen molar-refractivity contribution in [3.05, 3.63) is 0 Å². The van der Waals surface area contributed by atoms with E-state index < -0.39 is 48.7 Å². The van der Waals surface area contributed by atoms with Crippen molar-refractivity contribution in [1.29, 1.82) is 0 Å². The average Bonchev–Trinajstić information content (AvgIpc) is 3.13. The van der Waals surface area contributed by atoms with Crippen molar-refractivity contribution in [3.8, 4) is 0 Å². The maximum atomic E-state index is 12.9. The molecule has 0 spiro atoms. The first-order valence-corrected chi connectivity index (χ1v) is 21.4. The molecule has 0 amide bonds. The number of carbonyl (C=O) groups excluding carboxylic acids is 4. The van der Waals surface area contributed by atoms with Crippen LogP contribution in [-0.2, 0) is 38.1 Å². The molecule has 0 bridgehead atoms. The molecule has 1 fully saturated rings. The lowest BCUT2D eigenvalue weighted by atomic mass is 10.0. The Hall–Kier alpha value is -2.20. The Morgan fingerprint density at radius 1 is 0.423 bits per heavy atom. The minimum Gasteiger partial charge on any atom is -0.410 e. The van der Waals surface area contributed by atoms with Crippen molar-refractivity contribution in [2.24, 2.45) is 0 Å². The van der Waals surface area contributed by atoms with E-state index in [1.54, 1.807) is 0 Å². The van der Waals surface area contributed by atoms with Gasteiger partial charge >= 0.3 is 35.5 Å². The van der Waals surface area contributed by atoms with Crippen LogP contribution in [0.4, 0.5) is 0 Å². The van der Waals surface area contributed by atoms with Crippen molar-refractivity contribution >= 4 is 23.9 Å². The fourth-order valence-corrected chi connectivity index (χ4v) is 6.67. The second-order valence-corrected chi connectivity index (χ2v) is 14.9. The third-order valence-electron chi connectivity index (χ3n) is 10.1. The first kappa shape index (κ1) is 47.8. The van der Waals surface area contributed by atoms with Gasteiger partial charge in [0.25, 0.3) is 0 Å². The van der Waals surface area contributed by atoms with E-state index in [1.807, 2.05) is 0 Å². The zero-order valence-corrected chi connectivity index (χ0v) is 33.2. The summed E-state index contributed by atoms with van der Waals surface area (Å²) in [5, 5.41) is 19.8. The number of aliphatic hydroxyl groups excluding tert-OH is 2. The highest BCUT2D eigenvalue weighted by Gasteiger charge is 2.63. The lowest BCUT2D eigenvalue weighted by Gasteiger charge is -2.39. The van der Waals surface area contributed by atoms with E-state index in [0.717, 1.165) is 51.4 Å². The Bertz CT molecular complexity index is 866. The van der Waals surface area contributed by atoms with Gasteiger partial charge in [0, 0.05) is 12.8 Å². The number of hydrogen-bond donors (Lipinski definition) is 2. The molecule has 10 heteroatoms. The van der Waals surface area contributed by atoms with E-state index in [-0.39, 0.29) is 12.8 Å². The van der Waals surface area contributed by atoms with E-state index >= 15 is 0 Å². The molecule has 1 aliphatic heterocycles. The lowest BCUT2D eigenvalue weighted by molar-refractivity contribution is -0.316. The molecule has 0 radical (unpaired) electrons. The second-order valence-electron chi connectivity index (χ2n) is 14.9. The topological polar surface area (TPSA) is 146 Å². The van der Waals surface area contributed by atoms with Gasteiger partial charge in [-0.2, -0.15) is 0 Å². The predicted molar refractivity (Wildman–Crippen MR) is 203 cm³/mol. The molecular formula is C42H76O10. The van der Waals surface area contributed by atoms with Gasteiger partial charge in [-0.3, -0.25) is 9.59 Å². The molecule has 2 atom stereocenters. The van der Waals surface area contributed by atoms with Crippen molar-refractivity contribution in [1.82, 2.24) is 0 Å². The zero-order chi connectivity index (χ0) is 38.2. The Morgan fingerprint density at radius 2 is 0.635 bits per heavy atom. The summed E-state index contributed by atoms with van der Waals surface area (Å²) in [4.78, 5) is 50.8. The van der Waals surface area contributed by atoms with Gasteiger partial charge in [0.2, 0.25) is 0 Å². The van der Waals surface area contributed by atoms with Gasteiger partial charge in [-0.1, -0.05) is 194 Å². The van der Waals surface area contributed by atoms with E-state index in [0.29, 0.717) is 12.8 Å². The minimum atomic E-state index is -2.72. The van der Waals surface area contributed by atoms with E-state index in [4.69, 9.17) is 18.9 Å². The van der Waals surface area contributed by atoms with E-state index in [1.165, 1.54) is 128 Å². The normalized spacial score (nSPS) is 18.6. The van der Waals surface area contributed by atoms with Crippen LogP contribution in [0.2, 0.25) is 0 Å². The second kappa shape index (κ2) is 31.2. The van der Waals surface area contributed by atoms with Crippen LogP contribution in [0, 0.1) is 0 Å². The molecule has 0 aromatic rings. The van der Waals surface area contributed by atoms with Crippen LogP contribution in [0.3, 0.4) is 0 Å². The van der Waals surface area contributed by atoms with Gasteiger partial charge in [0.05, 0.1) is 0 Å². The van der Waals surface area contributed by atoms with Crippen LogP contribution in [0.25, 0.3) is 0 Å². The summed E-state index contributed by atoms with van der Waals surface area (Å²) in [6.07, 6.45) is 35.2. The quantitative estimate of drug-likeness (QED) is 0.0470. The smallest absolute Gasteiger partial charge is 0.399 e. The number of rotatable bonds is 36. The van der Waals surface area contributed by atoms with Crippen LogP contribution in [0.1, 0.15) is 219 Å². The van der Waals surface area contributed by atoms with E-state index in [2.05, 4.69) is 13.8 Å². The van der Waals surface area contributed by atoms with E-state index in [9.17, 15) is 29.4 Å². The molecule has 1 aliphatic rings. The minimum absolute atomic E-state index is 0.0375. The summed E-state index contributed by atoms with van der Waals surface area (Å²) in [6.45, 7) is 2.11. The molecule has 0 saturated carbocycles. The van der Waals surface area contributed by atoms with Gasteiger partial charge in [0.15, 0.2) is 0 Å². The maximum absolute atomic E-state index is 12.9. The standard InChI is InChI=1S/C42H76O10/c1-3-5-7-9-11-13-15-17-19-21-23-25-27-29-31-33-37(45)49-41(35-43)39(47)52-42(36-44,40(48)51-41)50-38(46)34-32-30-28-26-24-22-20-18-16-14-12-10-8-6-4-2/h43-44H,3-36H2,1-2H3. The molecular weight excluding hydrogens is 664 g/mol. The molecule has 52 heavy (non-hydrogen) atoms. The van der Waals surface area contributed by atoms with Gasteiger partial charge in [-0.05, 0) is 12.8 Å². The molecule has 304 valence electrons. The number of esters is 4. The molecule has 10 nitrogen and oxygen atoms in total. The number of unbranched alkanes of at least 4 members (excludes halogenated alkanes) is 28. The summed E-state index contributed by atoms with van der Waals surface area (Å²) < 4.78 is 20.3. The Kier molecular flexibility index (Phi) is 28.7. The van der Waals surface area contributed by atoms with Crippen LogP contribution in [0.15, 0.2) is 0 Å². The summed E-state index contributed by atoms with van der Waals surface area (Å²) >= 11 is 0. The summed E-state index contributed by atoms with van der Waals surface area (Å²) in [5.74, 6) is -9.99. The largest absolute Gasteiger partial charge is 0.410 e. The summed E-state index contributed by atoms with van der Waals surface area (Å²) in [6, 6.07) is 0. The Labute approximate surface area is 315 Å². The first-order chi connectivity index (χ1) is 25.3. The molecule has 1 rings (SSSR count). The number of carbonyl (C=O) groups is 4. The Balaban J connectivity index is 2.22. The third kappa shape index (κ3) is 21.5. The lowest BCUT2D eigenvalue weighted by Crippen LogP contribution is -2.65. The van der Waals surface area contributed by atoms with Crippen molar-refractivity contribution in [3.63, 3.8) is 0 Å². The van der Waals surface area contributed by atoms with Crippen molar-refractivity contribution in [2.75, 3.05) is 13.2 Å². The van der Waals surface area contributed by atoms with Crippen molar-refractivity contribution < 1.29 is 48.3 Å². The predicted octanol–water partition coefficient (Wildman–Crippen LogP) is 10.1. The molecule has 2 N–H and O–H groups in total. The van der Waals surface area contributed by atoms with Gasteiger partial charge in [-0.25, -0.2) is 9.59 Å². The molecule has 1 saturated heterocycles. The highest BCUT2D eigenvalue weighted by molar-refractivity contribution is 5.94. The average molecular weight is 741 g/mol. The Morgan fingerprint density at radius 3 is 0.846 bits per heavy atom. The number of cyclic esters (lactones) is 2. The van der Waals surface area contributed by atoms with Gasteiger partial charge in [-0.15, -0.1) is 0 Å². The van der Waals surface area contributed by atoms with Crippen LogP contribution in [0.5, 0.6) is 0 Å². The third-order valence-corrected chi connectivity index (χ3v) is 10.1. The highest BCUT2D eigenvalue weighted by Crippen LogP contribution is 2.31. The van der Waals surface area contributed by atoms with Crippen LogP contribution >= 0.6 is 0 Å². The first-order valence-electron chi connectivity index (χ1n) is 21.4. The number of aliphatic hydroxyl groups is 2. The zero-order valence-electron chi connectivity index (χ0n) is 33.2. The number of ether oxygens (including phenoxy) is 4. The van der Waals surface area contributed by atoms with Crippen LogP contribution < -0.4 is 0 Å². The molecule has 0 aromatic heterocycles. The molecule has 2 unspecified atom stereocenters. The highest BCUT2D eigenvalue weighted by atomic mass is 16.8. The van der Waals surface area contributed by atoms with Gasteiger partial charge < -0.3 is 29.2 Å². The summed E-state index contributed by atoms with van der Waals surface area (Å²) in [5.41, 5.74) is 0. The fourth-order valence-electron chi connectivity index (χ4n) is 6.67. The fraction of sp³-hybridized carbons (Fsp3) is 0.905. The maximum Gasteiger partial charge on any atom is 0.399 e. The monoisotopic (exact) mass is 741 g/mol. The van der Waals surface area contributed by atoms with Crippen molar-refractivity contribution in [2.45, 2.75) is 231 Å². The van der Waals surface area contributed by atoms with Gasteiger partial charge in [0.1, 0.15) is 13.2 Å². The molecule has 0 aliphatic carbocycles. The number of hydrogen-bond acceptors (Lipinski definition) is 10. The summed E-state index contributed by atoms with van der Waals surface area (Å²) in [7, 11) is 0. The molecule has 0 aromatic carbocycles.